The Morgan fingerprint density at radius 2 is 1.93 bits per heavy atom. The van der Waals surface area contributed by atoms with Crippen molar-refractivity contribution in [2.75, 3.05) is 13.1 Å². The van der Waals surface area contributed by atoms with Gasteiger partial charge in [0.05, 0.1) is 5.41 Å². The number of rotatable bonds is 1. The van der Waals surface area contributed by atoms with Gasteiger partial charge in [-0.3, -0.25) is 0 Å². The Kier molecular flexibility index (Phi) is 3.76. The molecule has 1 saturated heterocycles. The first-order valence-corrected chi connectivity index (χ1v) is 5.37. The quantitative estimate of drug-likeness (QED) is 0.617. The first kappa shape index (κ1) is 12.1. The lowest BCUT2D eigenvalue weighted by Crippen LogP contribution is -2.38. The topological polar surface area (TPSA) is 29.5 Å². The molecule has 15 heavy (non-hydrogen) atoms. The van der Waals surface area contributed by atoms with Crippen LogP contribution in [0.3, 0.4) is 0 Å². The average molecular weight is 209 g/mol. The van der Waals surface area contributed by atoms with Crippen molar-refractivity contribution in [1.29, 1.82) is 0 Å². The summed E-state index contributed by atoms with van der Waals surface area (Å²) in [4.78, 5) is 16.9. The van der Waals surface area contributed by atoms with Crippen molar-refractivity contribution in [3.63, 3.8) is 0 Å². The van der Waals surface area contributed by atoms with E-state index in [0.29, 0.717) is 5.92 Å². The summed E-state index contributed by atoms with van der Waals surface area (Å²) in [6, 6.07) is 0. The minimum Gasteiger partial charge on any atom is -0.367 e. The zero-order valence-electron chi connectivity index (χ0n) is 9.75. The summed E-state index contributed by atoms with van der Waals surface area (Å²) in [7, 11) is 0. The first-order valence-electron chi connectivity index (χ1n) is 5.37. The van der Waals surface area contributed by atoms with E-state index < -0.39 is 5.41 Å². The van der Waals surface area contributed by atoms with Crippen molar-refractivity contribution in [3.05, 3.63) is 0 Å². The summed E-state index contributed by atoms with van der Waals surface area (Å²) >= 11 is 0. The Hall–Kier alpha value is -1.01. The lowest BCUT2D eigenvalue weighted by molar-refractivity contribution is -0.205. The molecule has 0 spiro atoms. The molecular formula is C12H19NO2. The highest BCUT2D eigenvalue weighted by Gasteiger charge is 2.27. The van der Waals surface area contributed by atoms with Crippen LogP contribution in [-0.2, 0) is 9.63 Å². The third kappa shape index (κ3) is 3.56. The summed E-state index contributed by atoms with van der Waals surface area (Å²) in [5.74, 6) is 2.90. The number of carbonyl (C=O) groups is 1. The molecule has 0 N–H and O–H groups in total. The summed E-state index contributed by atoms with van der Waals surface area (Å²) in [5.41, 5.74) is -0.442. The van der Waals surface area contributed by atoms with E-state index in [1.54, 1.807) is 5.06 Å². The van der Waals surface area contributed by atoms with Gasteiger partial charge in [0.1, 0.15) is 0 Å². The molecule has 0 saturated carbocycles. The highest BCUT2D eigenvalue weighted by Crippen LogP contribution is 2.20. The molecule has 1 aliphatic heterocycles. The van der Waals surface area contributed by atoms with Crippen LogP contribution in [0.15, 0.2) is 0 Å². The predicted molar refractivity (Wildman–Crippen MR) is 58.7 cm³/mol. The van der Waals surface area contributed by atoms with Crippen LogP contribution in [0.2, 0.25) is 0 Å². The van der Waals surface area contributed by atoms with Gasteiger partial charge in [-0.25, -0.2) is 4.79 Å². The Morgan fingerprint density at radius 3 is 2.33 bits per heavy atom. The van der Waals surface area contributed by atoms with Crippen LogP contribution in [0.5, 0.6) is 0 Å². The number of piperidine rings is 1. The molecule has 1 rings (SSSR count). The fraction of sp³-hybridized carbons (Fsp3) is 0.750. The minimum absolute atomic E-state index is 0.179. The Bertz CT molecular complexity index is 264. The van der Waals surface area contributed by atoms with Crippen LogP contribution in [0, 0.1) is 23.7 Å². The van der Waals surface area contributed by atoms with Crippen molar-refractivity contribution in [2.45, 2.75) is 33.6 Å². The number of terminal acetylenes is 1. The maximum Gasteiger partial charge on any atom is 0.330 e. The number of hydroxylamine groups is 2. The van der Waals surface area contributed by atoms with Crippen LogP contribution in [0.4, 0.5) is 0 Å². The number of nitrogens with zero attached hydrogens (tertiary/aromatic N) is 1. The molecule has 3 nitrogen and oxygen atoms in total. The van der Waals surface area contributed by atoms with Crippen LogP contribution in [0.25, 0.3) is 0 Å². The van der Waals surface area contributed by atoms with Crippen LogP contribution >= 0.6 is 0 Å². The van der Waals surface area contributed by atoms with E-state index in [1.807, 2.05) is 20.8 Å². The third-order valence-corrected chi connectivity index (χ3v) is 2.51. The van der Waals surface area contributed by atoms with Crippen molar-refractivity contribution in [1.82, 2.24) is 5.06 Å². The van der Waals surface area contributed by atoms with E-state index in [0.717, 1.165) is 25.9 Å². The summed E-state index contributed by atoms with van der Waals surface area (Å²) < 4.78 is 0. The fourth-order valence-electron chi connectivity index (χ4n) is 1.37. The second kappa shape index (κ2) is 4.67. The van der Waals surface area contributed by atoms with E-state index in [9.17, 15) is 4.79 Å². The maximum absolute atomic E-state index is 11.6. The molecular weight excluding hydrogens is 190 g/mol. The number of carbonyl (C=O) groups excluding carboxylic acids is 1. The van der Waals surface area contributed by atoms with Gasteiger partial charge in [-0.15, -0.1) is 17.4 Å². The molecule has 0 aliphatic carbocycles. The van der Waals surface area contributed by atoms with Gasteiger partial charge in [0, 0.05) is 19.0 Å². The molecule has 1 fully saturated rings. The van der Waals surface area contributed by atoms with Crippen molar-refractivity contribution < 1.29 is 9.63 Å². The Balaban J connectivity index is 2.37. The zero-order chi connectivity index (χ0) is 11.5. The van der Waals surface area contributed by atoms with Gasteiger partial charge in [0.15, 0.2) is 0 Å². The van der Waals surface area contributed by atoms with Gasteiger partial charge < -0.3 is 4.84 Å². The first-order chi connectivity index (χ1) is 6.93. The van der Waals surface area contributed by atoms with Gasteiger partial charge in [0.2, 0.25) is 0 Å². The summed E-state index contributed by atoms with van der Waals surface area (Å²) in [6.45, 7) is 7.05. The molecule has 1 heterocycles. The molecule has 0 radical (unpaired) electrons. The molecule has 0 aromatic rings. The predicted octanol–water partition coefficient (Wildman–Crippen LogP) is 1.84. The average Bonchev–Trinajstić information content (AvgIpc) is 2.17. The maximum atomic E-state index is 11.6. The van der Waals surface area contributed by atoms with Gasteiger partial charge >= 0.3 is 5.97 Å². The van der Waals surface area contributed by atoms with Crippen LogP contribution in [-0.4, -0.2) is 24.1 Å². The molecule has 0 amide bonds. The summed E-state index contributed by atoms with van der Waals surface area (Å²) in [6.07, 6.45) is 7.16. The van der Waals surface area contributed by atoms with E-state index in [1.165, 1.54) is 0 Å². The second-order valence-corrected chi connectivity index (χ2v) is 5.00. The molecule has 84 valence electrons. The van der Waals surface area contributed by atoms with Crippen LogP contribution in [0.1, 0.15) is 33.6 Å². The third-order valence-electron chi connectivity index (χ3n) is 2.51. The molecule has 0 aromatic heterocycles. The molecule has 0 bridgehead atoms. The standard InChI is InChI=1S/C12H19NO2/c1-5-10-6-8-13(9-7-10)15-11(14)12(2,3)4/h1,10H,6-9H2,2-4H3. The Labute approximate surface area is 91.7 Å². The van der Waals surface area contributed by atoms with Crippen LogP contribution < -0.4 is 0 Å². The van der Waals surface area contributed by atoms with Gasteiger partial charge in [-0.2, -0.15) is 0 Å². The zero-order valence-corrected chi connectivity index (χ0v) is 9.75. The highest BCUT2D eigenvalue weighted by atomic mass is 16.7. The van der Waals surface area contributed by atoms with E-state index in [4.69, 9.17) is 11.3 Å². The largest absolute Gasteiger partial charge is 0.367 e. The van der Waals surface area contributed by atoms with Gasteiger partial charge in [-0.1, -0.05) is 0 Å². The molecule has 3 heteroatoms. The van der Waals surface area contributed by atoms with E-state index in [2.05, 4.69) is 5.92 Å². The normalized spacial score (nSPS) is 19.6. The highest BCUT2D eigenvalue weighted by molar-refractivity contribution is 5.75. The lowest BCUT2D eigenvalue weighted by atomic mass is 9.97. The van der Waals surface area contributed by atoms with E-state index in [-0.39, 0.29) is 5.97 Å². The molecule has 0 aromatic carbocycles. The SMILES string of the molecule is C#CC1CCN(OC(=O)C(C)(C)C)CC1. The molecule has 1 aliphatic rings. The Morgan fingerprint density at radius 1 is 1.40 bits per heavy atom. The van der Waals surface area contributed by atoms with Crippen molar-refractivity contribution in [3.8, 4) is 12.3 Å². The van der Waals surface area contributed by atoms with E-state index >= 15 is 0 Å². The van der Waals surface area contributed by atoms with Crippen molar-refractivity contribution in [2.24, 2.45) is 11.3 Å². The minimum atomic E-state index is -0.442. The number of hydrogen-bond donors (Lipinski definition) is 0. The lowest BCUT2D eigenvalue weighted by Gasteiger charge is -2.30. The molecule has 0 unspecified atom stereocenters. The summed E-state index contributed by atoms with van der Waals surface area (Å²) in [5, 5.41) is 1.72. The fourth-order valence-corrected chi connectivity index (χ4v) is 1.37. The van der Waals surface area contributed by atoms with Gasteiger partial charge in [-0.05, 0) is 33.6 Å². The monoisotopic (exact) mass is 209 g/mol. The van der Waals surface area contributed by atoms with Gasteiger partial charge in [0.25, 0.3) is 0 Å². The van der Waals surface area contributed by atoms with Crippen molar-refractivity contribution >= 4 is 5.97 Å². The number of hydrogen-bond acceptors (Lipinski definition) is 3. The second-order valence-electron chi connectivity index (χ2n) is 5.00. The molecule has 0 atom stereocenters. The smallest absolute Gasteiger partial charge is 0.330 e.